The molecule has 0 aromatic heterocycles. The average molecular weight is 245 g/mol. The zero-order valence-corrected chi connectivity index (χ0v) is 12.3. The van der Waals surface area contributed by atoms with Crippen molar-refractivity contribution in [3.05, 3.63) is 0 Å². The fourth-order valence-corrected chi connectivity index (χ4v) is 1.59. The number of amides is 1. The van der Waals surface area contributed by atoms with Gasteiger partial charge in [-0.2, -0.15) is 12.6 Å². The van der Waals surface area contributed by atoms with Crippen LogP contribution in [0.5, 0.6) is 0 Å². The molecule has 0 bridgehead atoms. The molecule has 0 radical (unpaired) electrons. The normalized spacial score (nSPS) is 13.2. The molecule has 0 aliphatic rings. The molecule has 0 saturated heterocycles. The molecule has 0 saturated carbocycles. The van der Waals surface area contributed by atoms with Crippen LogP contribution in [0.15, 0.2) is 0 Å². The van der Waals surface area contributed by atoms with Crippen molar-refractivity contribution in [3.8, 4) is 0 Å². The van der Waals surface area contributed by atoms with E-state index in [0.29, 0.717) is 11.8 Å². The number of carbonyl (C=O) groups excluding carboxylic acids is 1. The zero-order valence-electron chi connectivity index (χ0n) is 11.4. The predicted molar refractivity (Wildman–Crippen MR) is 73.9 cm³/mol. The quantitative estimate of drug-likeness (QED) is 0.683. The molecule has 2 nitrogen and oxygen atoms in total. The first-order valence-corrected chi connectivity index (χ1v) is 6.83. The molecule has 1 atom stereocenters. The molecule has 3 heteroatoms. The molecular weight excluding hydrogens is 218 g/mol. The van der Waals surface area contributed by atoms with Crippen molar-refractivity contribution >= 4 is 18.5 Å². The number of carbonyl (C=O) groups is 1. The maximum Gasteiger partial charge on any atom is 0.235 e. The van der Waals surface area contributed by atoms with E-state index < -0.39 is 0 Å². The van der Waals surface area contributed by atoms with E-state index in [9.17, 15) is 4.79 Å². The number of hydrogen-bond donors (Lipinski definition) is 1. The van der Waals surface area contributed by atoms with Crippen LogP contribution < -0.4 is 0 Å². The maximum absolute atomic E-state index is 11.9. The number of rotatable bonds is 7. The van der Waals surface area contributed by atoms with E-state index in [-0.39, 0.29) is 11.2 Å². The van der Waals surface area contributed by atoms with Gasteiger partial charge in [-0.15, -0.1) is 0 Å². The van der Waals surface area contributed by atoms with Crippen LogP contribution in [0, 0.1) is 11.8 Å². The van der Waals surface area contributed by atoms with Gasteiger partial charge in [-0.3, -0.25) is 4.79 Å². The van der Waals surface area contributed by atoms with Crippen LogP contribution >= 0.6 is 12.6 Å². The highest BCUT2D eigenvalue weighted by Crippen LogP contribution is 2.09. The molecule has 0 N–H and O–H groups in total. The van der Waals surface area contributed by atoms with Gasteiger partial charge >= 0.3 is 0 Å². The standard InChI is InChI=1S/C13H27NOS/c1-10(2)6-8-14(9-7-11(3)4)13(15)12(5)16/h10-12,16H,6-9H2,1-5H3. The summed E-state index contributed by atoms with van der Waals surface area (Å²) in [5.41, 5.74) is 0. The lowest BCUT2D eigenvalue weighted by Crippen LogP contribution is -2.38. The van der Waals surface area contributed by atoms with Crippen LogP contribution in [-0.4, -0.2) is 29.1 Å². The van der Waals surface area contributed by atoms with Crippen molar-refractivity contribution in [1.29, 1.82) is 0 Å². The Morgan fingerprint density at radius 1 is 1.00 bits per heavy atom. The Labute approximate surface area is 106 Å². The van der Waals surface area contributed by atoms with Crippen molar-refractivity contribution in [2.45, 2.75) is 52.7 Å². The minimum absolute atomic E-state index is 0.171. The van der Waals surface area contributed by atoms with E-state index in [4.69, 9.17) is 0 Å². The van der Waals surface area contributed by atoms with Crippen LogP contribution in [0.4, 0.5) is 0 Å². The van der Waals surface area contributed by atoms with Gasteiger partial charge in [0, 0.05) is 13.1 Å². The summed E-state index contributed by atoms with van der Waals surface area (Å²) in [4.78, 5) is 13.9. The van der Waals surface area contributed by atoms with E-state index in [2.05, 4.69) is 40.3 Å². The molecule has 0 aromatic carbocycles. The summed E-state index contributed by atoms with van der Waals surface area (Å²) in [5.74, 6) is 1.46. The highest BCUT2D eigenvalue weighted by molar-refractivity contribution is 7.81. The van der Waals surface area contributed by atoms with Crippen molar-refractivity contribution in [3.63, 3.8) is 0 Å². The minimum Gasteiger partial charge on any atom is -0.342 e. The maximum atomic E-state index is 11.9. The van der Waals surface area contributed by atoms with Gasteiger partial charge in [0.25, 0.3) is 0 Å². The van der Waals surface area contributed by atoms with Gasteiger partial charge in [0.05, 0.1) is 5.25 Å². The molecule has 0 spiro atoms. The Morgan fingerprint density at radius 2 is 1.38 bits per heavy atom. The van der Waals surface area contributed by atoms with Gasteiger partial charge in [0.15, 0.2) is 0 Å². The van der Waals surface area contributed by atoms with E-state index in [1.54, 1.807) is 0 Å². The average Bonchev–Trinajstić information content (AvgIpc) is 2.16. The largest absolute Gasteiger partial charge is 0.342 e. The lowest BCUT2D eigenvalue weighted by atomic mass is 10.1. The molecule has 96 valence electrons. The van der Waals surface area contributed by atoms with Crippen LogP contribution in [0.1, 0.15) is 47.5 Å². The molecule has 0 aliphatic carbocycles. The van der Waals surface area contributed by atoms with Gasteiger partial charge in [-0.1, -0.05) is 27.7 Å². The van der Waals surface area contributed by atoms with Crippen LogP contribution in [-0.2, 0) is 4.79 Å². The van der Waals surface area contributed by atoms with Crippen molar-refractivity contribution in [2.75, 3.05) is 13.1 Å². The summed E-state index contributed by atoms with van der Waals surface area (Å²) in [5, 5.41) is -0.181. The lowest BCUT2D eigenvalue weighted by molar-refractivity contribution is -0.130. The summed E-state index contributed by atoms with van der Waals surface area (Å²) >= 11 is 4.23. The summed E-state index contributed by atoms with van der Waals surface area (Å²) < 4.78 is 0. The Balaban J connectivity index is 4.21. The molecule has 0 aliphatic heterocycles. The monoisotopic (exact) mass is 245 g/mol. The Bertz CT molecular complexity index is 190. The highest BCUT2D eigenvalue weighted by Gasteiger charge is 2.17. The molecule has 0 fully saturated rings. The topological polar surface area (TPSA) is 20.3 Å². The first-order valence-electron chi connectivity index (χ1n) is 6.31. The first-order chi connectivity index (χ1) is 7.34. The number of thiol groups is 1. The summed E-state index contributed by atoms with van der Waals surface area (Å²) in [6.07, 6.45) is 2.15. The molecule has 16 heavy (non-hydrogen) atoms. The molecule has 1 amide bonds. The SMILES string of the molecule is CC(C)CCN(CCC(C)C)C(=O)C(C)S. The predicted octanol–water partition coefficient (Wildman–Crippen LogP) is 3.23. The van der Waals surface area contributed by atoms with Crippen LogP contribution in [0.3, 0.4) is 0 Å². The zero-order chi connectivity index (χ0) is 12.7. The minimum atomic E-state index is -0.181. The molecule has 1 unspecified atom stereocenters. The first kappa shape index (κ1) is 15.8. The fourth-order valence-electron chi connectivity index (χ4n) is 1.42. The summed E-state index contributed by atoms with van der Waals surface area (Å²) in [6.45, 7) is 12.3. The number of nitrogens with zero attached hydrogens (tertiary/aromatic N) is 1. The van der Waals surface area contributed by atoms with E-state index in [1.165, 1.54) is 0 Å². The molecular formula is C13H27NOS. The third-order valence-corrected chi connectivity index (χ3v) is 2.84. The lowest BCUT2D eigenvalue weighted by Gasteiger charge is -2.25. The highest BCUT2D eigenvalue weighted by atomic mass is 32.1. The van der Waals surface area contributed by atoms with E-state index in [1.807, 2.05) is 11.8 Å². The van der Waals surface area contributed by atoms with Gasteiger partial charge in [-0.25, -0.2) is 0 Å². The van der Waals surface area contributed by atoms with E-state index in [0.717, 1.165) is 25.9 Å². The van der Waals surface area contributed by atoms with Gasteiger partial charge in [0.1, 0.15) is 0 Å². The Kier molecular flexibility index (Phi) is 7.90. The van der Waals surface area contributed by atoms with E-state index >= 15 is 0 Å². The van der Waals surface area contributed by atoms with Gasteiger partial charge in [0.2, 0.25) is 5.91 Å². The smallest absolute Gasteiger partial charge is 0.235 e. The van der Waals surface area contributed by atoms with Crippen molar-refractivity contribution < 1.29 is 4.79 Å². The molecule has 0 aromatic rings. The molecule has 0 heterocycles. The Morgan fingerprint density at radius 3 is 1.62 bits per heavy atom. The third-order valence-electron chi connectivity index (χ3n) is 2.62. The summed E-state index contributed by atoms with van der Waals surface area (Å²) in [7, 11) is 0. The molecule has 0 rings (SSSR count). The van der Waals surface area contributed by atoms with Crippen LogP contribution in [0.2, 0.25) is 0 Å². The fraction of sp³-hybridized carbons (Fsp3) is 0.923. The Hall–Kier alpha value is -0.180. The second-order valence-corrected chi connectivity index (χ2v) is 6.14. The van der Waals surface area contributed by atoms with Crippen molar-refractivity contribution in [2.24, 2.45) is 11.8 Å². The second kappa shape index (κ2) is 7.99. The van der Waals surface area contributed by atoms with Gasteiger partial charge < -0.3 is 4.90 Å². The van der Waals surface area contributed by atoms with Crippen LogP contribution in [0.25, 0.3) is 0 Å². The summed E-state index contributed by atoms with van der Waals surface area (Å²) in [6, 6.07) is 0. The second-order valence-electron chi connectivity index (χ2n) is 5.37. The van der Waals surface area contributed by atoms with Gasteiger partial charge in [-0.05, 0) is 31.6 Å². The third kappa shape index (κ3) is 7.15. The van der Waals surface area contributed by atoms with Crippen molar-refractivity contribution in [1.82, 2.24) is 4.90 Å². The number of hydrogen-bond acceptors (Lipinski definition) is 2.